The van der Waals surface area contributed by atoms with Crippen LogP contribution in [-0.2, 0) is 52.7 Å². The number of nitrogens with two attached hydrogens (primary N) is 3. The molecule has 0 aliphatic carbocycles. The van der Waals surface area contributed by atoms with Crippen LogP contribution in [0.3, 0.4) is 0 Å². The summed E-state index contributed by atoms with van der Waals surface area (Å²) in [7, 11) is 0. The predicted octanol–water partition coefficient (Wildman–Crippen LogP) is -4.89. The second-order valence-corrected chi connectivity index (χ2v) is 17.7. The molecule has 2 fully saturated rings. The molecule has 0 aromatic carbocycles. The first-order chi connectivity index (χ1) is 31.8. The van der Waals surface area contributed by atoms with E-state index in [2.05, 4.69) is 42.2 Å². The van der Waals surface area contributed by atoms with Crippen molar-refractivity contribution in [2.75, 3.05) is 45.9 Å². The summed E-state index contributed by atoms with van der Waals surface area (Å²) in [5, 5.41) is 35.6. The Hall–Kier alpha value is -6.80. The number of primary amides is 1. The number of carbonyl (C=O) groups excluding carboxylic acids is 10. The molecule has 0 bridgehead atoms. The summed E-state index contributed by atoms with van der Waals surface area (Å²) in [6.45, 7) is 5.99. The van der Waals surface area contributed by atoms with Crippen LogP contribution in [0, 0.1) is 5.92 Å². The molecule has 2 heterocycles. The number of hydrogen-bond donors (Lipinski definition) is 12. The number of carboxylic acids is 1. The number of likely N-dealkylation sites (tertiary alicyclic amines) is 2. The van der Waals surface area contributed by atoms with Crippen molar-refractivity contribution in [1.29, 1.82) is 0 Å². The number of aliphatic imine (C=N–C) groups is 1. The molecule has 0 radical (unpaired) electrons. The Kier molecular flexibility index (Phi) is 23.4. The van der Waals surface area contributed by atoms with Gasteiger partial charge in [0.05, 0.1) is 19.7 Å². The van der Waals surface area contributed by atoms with Gasteiger partial charge in [-0.25, -0.2) is 4.79 Å². The Balaban J connectivity index is 2.04. The normalized spacial score (nSPS) is 17.3. The lowest BCUT2D eigenvalue weighted by Crippen LogP contribution is -2.57. The van der Waals surface area contributed by atoms with Crippen LogP contribution < -0.4 is 54.4 Å². The summed E-state index contributed by atoms with van der Waals surface area (Å²) in [5.41, 5.74) is 15.0. The quantitative estimate of drug-likeness (QED) is 0.0220. The molecule has 2 aliphatic heterocycles. The maximum absolute atomic E-state index is 13.9. The third-order valence-corrected chi connectivity index (χ3v) is 10.4. The van der Waals surface area contributed by atoms with Gasteiger partial charge in [-0.15, -0.1) is 0 Å². The summed E-state index contributed by atoms with van der Waals surface area (Å²) in [4.78, 5) is 147. The van der Waals surface area contributed by atoms with Gasteiger partial charge >= 0.3 is 12.1 Å². The number of rotatable bonds is 26. The Labute approximate surface area is 393 Å². The molecule has 15 N–H and O–H groups in total. The van der Waals surface area contributed by atoms with E-state index in [4.69, 9.17) is 27.0 Å². The molecule has 2 rings (SSSR count). The van der Waals surface area contributed by atoms with Gasteiger partial charge in [0.2, 0.25) is 53.2 Å². The molecule has 0 saturated carbocycles. The molecule has 0 aromatic rings. The van der Waals surface area contributed by atoms with Crippen LogP contribution in [0.15, 0.2) is 4.99 Å². The lowest BCUT2D eigenvalue weighted by molar-refractivity contribution is -0.146. The van der Waals surface area contributed by atoms with Crippen LogP contribution in [0.4, 0.5) is 4.79 Å². The van der Waals surface area contributed by atoms with Gasteiger partial charge in [-0.1, -0.05) is 13.8 Å². The van der Waals surface area contributed by atoms with E-state index in [1.165, 1.54) is 9.80 Å². The molecule has 2 aliphatic rings. The molecule has 0 aromatic heterocycles. The number of aliphatic hydroxyl groups is 1. The van der Waals surface area contributed by atoms with E-state index in [1.807, 2.05) is 0 Å². The average Bonchev–Trinajstić information content (AvgIpc) is 3.95. The lowest BCUT2D eigenvalue weighted by atomic mass is 10.0. The number of alkyl carbamates (subject to hydrolysis) is 1. The van der Waals surface area contributed by atoms with Gasteiger partial charge in [-0.2, -0.15) is 0 Å². The largest absolute Gasteiger partial charge is 0.480 e. The van der Waals surface area contributed by atoms with Crippen LogP contribution >= 0.6 is 0 Å². The highest BCUT2D eigenvalue weighted by atomic mass is 16.6. The highest BCUT2D eigenvalue weighted by Crippen LogP contribution is 2.25. The topological polar surface area (TPSA) is 419 Å². The molecule has 2 saturated heterocycles. The zero-order valence-electron chi connectivity index (χ0n) is 39.2. The van der Waals surface area contributed by atoms with Crippen LogP contribution in [-0.4, -0.2) is 179 Å². The molecular weight excluding hydrogens is 899 g/mol. The molecule has 10 amide bonds. The Morgan fingerprint density at radius 3 is 1.87 bits per heavy atom. The fourth-order valence-corrected chi connectivity index (χ4v) is 7.24. The molecule has 0 unspecified atom stereocenters. The summed E-state index contributed by atoms with van der Waals surface area (Å²) < 4.78 is 5.24. The third kappa shape index (κ3) is 20.4. The molecule has 27 nitrogen and oxygen atoms in total. The second-order valence-electron chi connectivity index (χ2n) is 17.7. The second kappa shape index (κ2) is 27.7. The van der Waals surface area contributed by atoms with Gasteiger partial charge in [-0.3, -0.25) is 52.9 Å². The fourth-order valence-electron chi connectivity index (χ4n) is 7.24. The zero-order chi connectivity index (χ0) is 51.3. The number of guanidine groups is 1. The first kappa shape index (κ1) is 57.3. The van der Waals surface area contributed by atoms with E-state index in [0.29, 0.717) is 12.8 Å². The van der Waals surface area contributed by atoms with Gasteiger partial charge in [0.25, 0.3) is 0 Å². The number of amides is 10. The summed E-state index contributed by atoms with van der Waals surface area (Å²) >= 11 is 0. The Morgan fingerprint density at radius 2 is 1.28 bits per heavy atom. The first-order valence-electron chi connectivity index (χ1n) is 22.3. The van der Waals surface area contributed by atoms with E-state index in [9.17, 15) is 57.8 Å². The number of carbonyl (C=O) groups is 11. The predicted molar refractivity (Wildman–Crippen MR) is 240 cm³/mol. The summed E-state index contributed by atoms with van der Waals surface area (Å²) in [5.74, 6) is -8.56. The fraction of sp³-hybridized carbons (Fsp3) is 0.707. The molecule has 0 spiro atoms. The number of carboxylic acid groups (broad SMARTS) is 1. The number of aliphatic carboxylic acids is 1. The molecule has 382 valence electrons. The van der Waals surface area contributed by atoms with Gasteiger partial charge in [-0.05, 0) is 78.1 Å². The summed E-state index contributed by atoms with van der Waals surface area (Å²) in [6, 6.07) is -7.34. The van der Waals surface area contributed by atoms with E-state index in [1.54, 1.807) is 34.6 Å². The molecule has 6 atom stereocenters. The number of hydrogen-bond acceptors (Lipinski definition) is 14. The zero-order valence-corrected chi connectivity index (χ0v) is 39.2. The Morgan fingerprint density at radius 1 is 0.706 bits per heavy atom. The number of nitrogens with one attached hydrogen (secondary N) is 7. The van der Waals surface area contributed by atoms with Crippen molar-refractivity contribution < 1.29 is 67.7 Å². The minimum atomic E-state index is -1.55. The SMILES string of the molecule is CC(C)C[C@H](NC(=O)CNC(=O)[C@@H]1CCCN1C(=O)[C@@H]1CCCN1C(=O)CNC(=O)[C@H](CO)NC(=O)[C@H](CCCN=C(N)N)NC(=O)OC(C)(C)C)C(=O)N[C@@H](CCC(N)=O)C(=O)NCC(=O)O. The average molecular weight is 968 g/mol. The van der Waals surface area contributed by atoms with E-state index in [-0.39, 0.29) is 76.5 Å². The highest BCUT2D eigenvalue weighted by molar-refractivity contribution is 5.97. The van der Waals surface area contributed by atoms with Gasteiger partial charge in [0.1, 0.15) is 48.4 Å². The first-order valence-corrected chi connectivity index (χ1v) is 22.3. The van der Waals surface area contributed by atoms with Crippen molar-refractivity contribution in [1.82, 2.24) is 47.0 Å². The van der Waals surface area contributed by atoms with Gasteiger partial charge in [0, 0.05) is 26.1 Å². The van der Waals surface area contributed by atoms with Crippen molar-refractivity contribution >= 4 is 71.2 Å². The number of aliphatic hydroxyl groups excluding tert-OH is 1. The standard InChI is InChI=1S/C41H69N13O14/c1-22(2)17-25(36(64)50-24(12-13-29(42)56)33(61)48-20-32(59)60)49-30(57)18-46-37(65)27-10-7-16-54(27)38(66)28-11-8-15-53(28)31(58)19-47-34(62)26(21-55)51-35(63)23(9-6-14-45-39(43)44)52-40(67)68-41(3,4)5/h22-28,55H,6-21H2,1-5H3,(H2,42,56)(H,46,65)(H,47,62)(H,48,61)(H,49,57)(H,50,64)(H,51,63)(H,52,67)(H,59,60)(H4,43,44,45)/t23-,24-,25-,26-,27-,28-/m0/s1. The van der Waals surface area contributed by atoms with Crippen LogP contribution in [0.1, 0.15) is 92.4 Å². The van der Waals surface area contributed by atoms with Crippen molar-refractivity contribution in [2.45, 2.75) is 134 Å². The summed E-state index contributed by atoms with van der Waals surface area (Å²) in [6.07, 6.45) is 0.219. The van der Waals surface area contributed by atoms with Crippen LogP contribution in [0.5, 0.6) is 0 Å². The smallest absolute Gasteiger partial charge is 0.408 e. The number of nitrogens with zero attached hydrogens (tertiary/aromatic N) is 3. The van der Waals surface area contributed by atoms with Gasteiger partial charge in [0.15, 0.2) is 5.96 Å². The maximum atomic E-state index is 13.9. The van der Waals surface area contributed by atoms with E-state index in [0.717, 1.165) is 0 Å². The van der Waals surface area contributed by atoms with Crippen molar-refractivity contribution in [3.8, 4) is 0 Å². The van der Waals surface area contributed by atoms with Crippen LogP contribution in [0.2, 0.25) is 0 Å². The van der Waals surface area contributed by atoms with Crippen LogP contribution in [0.25, 0.3) is 0 Å². The van der Waals surface area contributed by atoms with Crippen molar-refractivity contribution in [3.63, 3.8) is 0 Å². The number of ether oxygens (including phenoxy) is 1. The molecule has 68 heavy (non-hydrogen) atoms. The maximum Gasteiger partial charge on any atom is 0.408 e. The van der Waals surface area contributed by atoms with Crippen molar-refractivity contribution in [2.24, 2.45) is 28.1 Å². The third-order valence-electron chi connectivity index (χ3n) is 10.4. The molecular formula is C41H69N13O14. The monoisotopic (exact) mass is 968 g/mol. The lowest BCUT2D eigenvalue weighted by Gasteiger charge is -2.31. The van der Waals surface area contributed by atoms with E-state index < -0.39 is 133 Å². The van der Waals surface area contributed by atoms with E-state index >= 15 is 0 Å². The van der Waals surface area contributed by atoms with Crippen molar-refractivity contribution in [3.05, 3.63) is 0 Å². The minimum absolute atomic E-state index is 0.0193. The minimum Gasteiger partial charge on any atom is -0.480 e. The molecule has 27 heteroatoms. The highest BCUT2D eigenvalue weighted by Gasteiger charge is 2.42. The van der Waals surface area contributed by atoms with Gasteiger partial charge < -0.3 is 79.2 Å². The Bertz CT molecular complexity index is 1870.